The summed E-state index contributed by atoms with van der Waals surface area (Å²) in [6.45, 7) is 10.6. The van der Waals surface area contributed by atoms with Crippen LogP contribution >= 0.6 is 0 Å². The molecule has 0 saturated heterocycles. The lowest BCUT2D eigenvalue weighted by atomic mass is 9.52. The molecule has 0 radical (unpaired) electrons. The SMILES string of the molecule is COc1ccc(C2(c3ccc(OC)cc3)C=Cc3c4c(c5c6c(c(N(C)C)cc5c3O2)OCC6)-c2ccccc2C42CC(C)(C)CC(C)(C)C2)cc1. The third kappa shape index (κ3) is 4.67. The lowest BCUT2D eigenvalue weighted by Crippen LogP contribution is -2.44. The van der Waals surface area contributed by atoms with Crippen molar-refractivity contribution >= 4 is 22.5 Å². The Labute approximate surface area is 308 Å². The number of anilines is 1. The first kappa shape index (κ1) is 33.0. The smallest absolute Gasteiger partial charge is 0.178 e. The van der Waals surface area contributed by atoms with Crippen LogP contribution in [0.3, 0.4) is 0 Å². The summed E-state index contributed by atoms with van der Waals surface area (Å²) in [5.74, 6) is 3.57. The summed E-state index contributed by atoms with van der Waals surface area (Å²) in [6, 6.07) is 28.2. The topological polar surface area (TPSA) is 40.2 Å². The van der Waals surface area contributed by atoms with E-state index < -0.39 is 5.60 Å². The standard InChI is InChI=1S/C47H49NO4/c1-44(2)26-45(3,4)28-46(27-44)37-12-10-9-11-33(37)40-39-34-22-24-51-43(34)38(48(5)6)25-36(39)42-35(41(40)46)21-23-47(52-42,29-13-17-31(49-7)18-14-29)30-15-19-32(50-8)20-16-30/h9-21,23,25H,22,24,26-28H2,1-8H3. The maximum Gasteiger partial charge on any atom is 0.178 e. The van der Waals surface area contributed by atoms with E-state index in [1.54, 1.807) is 14.2 Å². The second kappa shape index (κ2) is 11.3. The molecule has 1 spiro atoms. The number of nitrogens with zero attached hydrogens (tertiary/aromatic N) is 1. The molecule has 1 saturated carbocycles. The molecule has 0 N–H and O–H groups in total. The minimum Gasteiger partial charge on any atom is -0.497 e. The van der Waals surface area contributed by atoms with Crippen LogP contribution < -0.4 is 23.8 Å². The average molecular weight is 692 g/mol. The largest absolute Gasteiger partial charge is 0.497 e. The first-order chi connectivity index (χ1) is 24.9. The summed E-state index contributed by atoms with van der Waals surface area (Å²) in [5, 5.41) is 2.42. The van der Waals surface area contributed by atoms with Gasteiger partial charge in [0.25, 0.3) is 0 Å². The van der Waals surface area contributed by atoms with Crippen molar-refractivity contribution in [1.29, 1.82) is 0 Å². The summed E-state index contributed by atoms with van der Waals surface area (Å²) in [5.41, 5.74) is 10.5. The Morgan fingerprint density at radius 3 is 1.94 bits per heavy atom. The van der Waals surface area contributed by atoms with Crippen LogP contribution in [0, 0.1) is 10.8 Å². The average Bonchev–Trinajstić information content (AvgIpc) is 3.71. The Hall–Kier alpha value is -4.90. The maximum atomic E-state index is 7.78. The molecule has 5 aromatic rings. The van der Waals surface area contributed by atoms with E-state index >= 15 is 0 Å². The van der Waals surface area contributed by atoms with Gasteiger partial charge in [-0.15, -0.1) is 0 Å². The molecule has 2 heterocycles. The zero-order chi connectivity index (χ0) is 36.2. The molecule has 5 heteroatoms. The highest BCUT2D eigenvalue weighted by molar-refractivity contribution is 6.12. The third-order valence-electron chi connectivity index (χ3n) is 12.2. The molecule has 5 nitrogen and oxygen atoms in total. The fraction of sp³-hybridized carbons (Fsp3) is 0.362. The van der Waals surface area contributed by atoms with E-state index in [1.807, 2.05) is 24.3 Å². The molecule has 0 unspecified atom stereocenters. The normalized spacial score (nSPS) is 19.2. The lowest BCUT2D eigenvalue weighted by Gasteiger charge is -2.52. The third-order valence-corrected chi connectivity index (χ3v) is 12.2. The van der Waals surface area contributed by atoms with Crippen molar-refractivity contribution in [3.8, 4) is 34.1 Å². The predicted molar refractivity (Wildman–Crippen MR) is 212 cm³/mol. The van der Waals surface area contributed by atoms with Crippen molar-refractivity contribution in [2.75, 3.05) is 39.8 Å². The molecule has 0 atom stereocenters. The van der Waals surface area contributed by atoms with E-state index in [-0.39, 0.29) is 16.2 Å². The number of methoxy groups -OCH3 is 2. The number of fused-ring (bicyclic) bond motifs is 12. The van der Waals surface area contributed by atoms with Gasteiger partial charge in [0.05, 0.1) is 26.5 Å². The number of hydrogen-bond acceptors (Lipinski definition) is 5. The molecule has 0 amide bonds. The van der Waals surface area contributed by atoms with Gasteiger partial charge >= 0.3 is 0 Å². The van der Waals surface area contributed by atoms with Crippen molar-refractivity contribution in [1.82, 2.24) is 0 Å². The molecule has 9 rings (SSSR count). The van der Waals surface area contributed by atoms with Gasteiger partial charge in [-0.25, -0.2) is 0 Å². The second-order valence-corrected chi connectivity index (χ2v) is 17.2. The highest BCUT2D eigenvalue weighted by Crippen LogP contribution is 2.67. The van der Waals surface area contributed by atoms with Gasteiger partial charge in [-0.1, -0.05) is 82.3 Å². The molecule has 266 valence electrons. The van der Waals surface area contributed by atoms with Gasteiger partial charge in [0.2, 0.25) is 0 Å². The molecule has 1 fully saturated rings. The summed E-state index contributed by atoms with van der Waals surface area (Å²) >= 11 is 0. The summed E-state index contributed by atoms with van der Waals surface area (Å²) < 4.78 is 25.5. The van der Waals surface area contributed by atoms with Crippen LogP contribution in [0.15, 0.2) is 84.9 Å². The van der Waals surface area contributed by atoms with E-state index in [0.29, 0.717) is 6.61 Å². The molecule has 4 aliphatic rings. The van der Waals surface area contributed by atoms with Gasteiger partial charge < -0.3 is 23.8 Å². The van der Waals surface area contributed by atoms with Crippen molar-refractivity contribution in [3.63, 3.8) is 0 Å². The fourth-order valence-electron chi connectivity index (χ4n) is 11.0. The van der Waals surface area contributed by atoms with Crippen LogP contribution in [0.2, 0.25) is 0 Å². The van der Waals surface area contributed by atoms with E-state index in [1.165, 1.54) is 45.2 Å². The van der Waals surface area contributed by atoms with Gasteiger partial charge in [-0.2, -0.15) is 0 Å². The molecule has 2 aliphatic heterocycles. The van der Waals surface area contributed by atoms with Gasteiger partial charge in [0.15, 0.2) is 5.60 Å². The van der Waals surface area contributed by atoms with Crippen molar-refractivity contribution in [2.24, 2.45) is 10.8 Å². The number of ether oxygens (including phenoxy) is 4. The van der Waals surface area contributed by atoms with E-state index in [2.05, 4.69) is 113 Å². The van der Waals surface area contributed by atoms with Crippen molar-refractivity contribution < 1.29 is 18.9 Å². The summed E-state index contributed by atoms with van der Waals surface area (Å²) in [4.78, 5) is 2.18. The van der Waals surface area contributed by atoms with Gasteiger partial charge in [0, 0.05) is 59.0 Å². The van der Waals surface area contributed by atoms with Crippen molar-refractivity contribution in [2.45, 2.75) is 64.4 Å². The monoisotopic (exact) mass is 691 g/mol. The molecular formula is C47H49NO4. The minimum absolute atomic E-state index is 0.146. The van der Waals surface area contributed by atoms with Crippen molar-refractivity contribution in [3.05, 3.63) is 118 Å². The summed E-state index contributed by atoms with van der Waals surface area (Å²) in [6.07, 6.45) is 8.90. The Balaban J connectivity index is 1.42. The maximum absolute atomic E-state index is 7.78. The first-order valence-electron chi connectivity index (χ1n) is 18.7. The lowest BCUT2D eigenvalue weighted by molar-refractivity contribution is 0.0642. The predicted octanol–water partition coefficient (Wildman–Crippen LogP) is 10.7. The Morgan fingerprint density at radius 2 is 1.35 bits per heavy atom. The zero-order valence-corrected chi connectivity index (χ0v) is 31.8. The van der Waals surface area contributed by atoms with E-state index in [4.69, 9.17) is 18.9 Å². The van der Waals surface area contributed by atoms with Crippen LogP contribution in [-0.2, 0) is 17.4 Å². The van der Waals surface area contributed by atoms with E-state index in [0.717, 1.165) is 64.5 Å². The number of benzene rings is 5. The molecule has 2 aliphatic carbocycles. The van der Waals surface area contributed by atoms with Crippen LogP contribution in [0.25, 0.3) is 28.0 Å². The molecule has 5 aromatic carbocycles. The molecule has 0 aromatic heterocycles. The Morgan fingerprint density at radius 1 is 0.731 bits per heavy atom. The molecule has 52 heavy (non-hydrogen) atoms. The quantitative estimate of drug-likeness (QED) is 0.183. The van der Waals surface area contributed by atoms with Crippen LogP contribution in [0.1, 0.15) is 80.3 Å². The Bertz CT molecular complexity index is 2210. The first-order valence-corrected chi connectivity index (χ1v) is 18.7. The second-order valence-electron chi connectivity index (χ2n) is 17.2. The highest BCUT2D eigenvalue weighted by atomic mass is 16.5. The molecule has 0 bridgehead atoms. The number of hydrogen-bond donors (Lipinski definition) is 0. The molecular weight excluding hydrogens is 643 g/mol. The van der Waals surface area contributed by atoms with Crippen LogP contribution in [0.5, 0.6) is 23.0 Å². The van der Waals surface area contributed by atoms with Gasteiger partial charge in [-0.05, 0) is 88.8 Å². The van der Waals surface area contributed by atoms with Crippen LogP contribution in [0.4, 0.5) is 5.69 Å². The van der Waals surface area contributed by atoms with Crippen LogP contribution in [-0.4, -0.2) is 34.9 Å². The minimum atomic E-state index is -0.899. The number of rotatable bonds is 5. The highest BCUT2D eigenvalue weighted by Gasteiger charge is 2.56. The van der Waals surface area contributed by atoms with Gasteiger partial charge in [0.1, 0.15) is 23.0 Å². The van der Waals surface area contributed by atoms with E-state index in [9.17, 15) is 0 Å². The zero-order valence-electron chi connectivity index (χ0n) is 31.8. The Kier molecular flexibility index (Phi) is 7.16. The van der Waals surface area contributed by atoms with Gasteiger partial charge in [-0.3, -0.25) is 0 Å². The fourth-order valence-corrected chi connectivity index (χ4v) is 11.0. The summed E-state index contributed by atoms with van der Waals surface area (Å²) in [7, 11) is 7.64.